The highest BCUT2D eigenvalue weighted by Gasteiger charge is 2.22. The first-order valence-electron chi connectivity index (χ1n) is 8.18. The average molecular weight is 289 g/mol. The lowest BCUT2D eigenvalue weighted by Crippen LogP contribution is -2.33. The summed E-state index contributed by atoms with van der Waals surface area (Å²) in [6.45, 7) is 6.05. The Morgan fingerprint density at radius 3 is 2.95 bits per heavy atom. The summed E-state index contributed by atoms with van der Waals surface area (Å²) >= 11 is 0. The third-order valence-corrected chi connectivity index (χ3v) is 4.45. The van der Waals surface area contributed by atoms with Gasteiger partial charge in [-0.3, -0.25) is 9.78 Å². The van der Waals surface area contributed by atoms with E-state index in [2.05, 4.69) is 29.5 Å². The number of pyridine rings is 1. The maximum Gasteiger partial charge on any atom is 0.253 e. The molecule has 21 heavy (non-hydrogen) atoms. The summed E-state index contributed by atoms with van der Waals surface area (Å²) < 4.78 is 0. The molecule has 0 saturated heterocycles. The van der Waals surface area contributed by atoms with Crippen LogP contribution in [0.3, 0.4) is 0 Å². The molecule has 4 nitrogen and oxygen atoms in total. The largest absolute Gasteiger partial charge is 0.383 e. The summed E-state index contributed by atoms with van der Waals surface area (Å²) in [5, 5.41) is 6.38. The normalized spacial score (nSPS) is 21.8. The maximum atomic E-state index is 12.4. The molecule has 0 aromatic carbocycles. The number of rotatable bonds is 6. The zero-order valence-corrected chi connectivity index (χ0v) is 13.2. The molecule has 1 aromatic heterocycles. The molecular formula is C17H27N3O. The fraction of sp³-hybridized carbons (Fsp3) is 0.647. The van der Waals surface area contributed by atoms with Crippen LogP contribution in [0.2, 0.25) is 0 Å². The summed E-state index contributed by atoms with van der Waals surface area (Å²) in [6.07, 6.45) is 9.58. The van der Waals surface area contributed by atoms with E-state index in [1.54, 1.807) is 18.5 Å². The van der Waals surface area contributed by atoms with Crippen LogP contribution in [0.4, 0.5) is 5.69 Å². The topological polar surface area (TPSA) is 54.0 Å². The first-order chi connectivity index (χ1) is 10.2. The van der Waals surface area contributed by atoms with E-state index in [0.29, 0.717) is 17.4 Å². The van der Waals surface area contributed by atoms with Crippen molar-refractivity contribution in [3.05, 3.63) is 24.0 Å². The first-order valence-corrected chi connectivity index (χ1v) is 8.18. The molecule has 2 rings (SSSR count). The van der Waals surface area contributed by atoms with Crippen LogP contribution in [-0.4, -0.2) is 24.0 Å². The van der Waals surface area contributed by atoms with Gasteiger partial charge in [0.05, 0.1) is 17.4 Å². The molecule has 1 amide bonds. The van der Waals surface area contributed by atoms with E-state index in [1.807, 2.05) is 0 Å². The number of amides is 1. The molecule has 1 aliphatic carbocycles. The van der Waals surface area contributed by atoms with E-state index in [0.717, 1.165) is 25.2 Å². The van der Waals surface area contributed by atoms with E-state index in [9.17, 15) is 4.79 Å². The van der Waals surface area contributed by atoms with Gasteiger partial charge >= 0.3 is 0 Å². The first kappa shape index (κ1) is 15.8. The van der Waals surface area contributed by atoms with Crippen LogP contribution in [0.1, 0.15) is 56.3 Å². The molecule has 1 aromatic rings. The number of anilines is 1. The number of nitrogens with zero attached hydrogens (tertiary/aromatic N) is 1. The Morgan fingerprint density at radius 2 is 2.19 bits per heavy atom. The molecule has 0 spiro atoms. The Kier molecular flexibility index (Phi) is 6.03. The van der Waals surface area contributed by atoms with E-state index >= 15 is 0 Å². The molecule has 1 fully saturated rings. The molecule has 4 heteroatoms. The van der Waals surface area contributed by atoms with Gasteiger partial charge in [0.1, 0.15) is 0 Å². The lowest BCUT2D eigenvalue weighted by Gasteiger charge is -2.28. The van der Waals surface area contributed by atoms with E-state index in [4.69, 9.17) is 0 Å². The van der Waals surface area contributed by atoms with Gasteiger partial charge < -0.3 is 10.6 Å². The van der Waals surface area contributed by atoms with Crippen molar-refractivity contribution in [2.75, 3.05) is 18.4 Å². The summed E-state index contributed by atoms with van der Waals surface area (Å²) in [7, 11) is 0. The van der Waals surface area contributed by atoms with Crippen molar-refractivity contribution in [2.24, 2.45) is 11.8 Å². The minimum atomic E-state index is 0.00813. The summed E-state index contributed by atoms with van der Waals surface area (Å²) in [6, 6.07) is 1.79. The summed E-state index contributed by atoms with van der Waals surface area (Å²) in [5.74, 6) is 1.35. The van der Waals surface area contributed by atoms with Crippen molar-refractivity contribution in [1.29, 1.82) is 0 Å². The van der Waals surface area contributed by atoms with Gasteiger partial charge in [0.25, 0.3) is 5.91 Å². The van der Waals surface area contributed by atoms with E-state index in [1.165, 1.54) is 25.7 Å². The van der Waals surface area contributed by atoms with Crippen LogP contribution < -0.4 is 10.6 Å². The minimum absolute atomic E-state index is 0.00813. The highest BCUT2D eigenvalue weighted by Crippen LogP contribution is 2.29. The zero-order valence-electron chi connectivity index (χ0n) is 13.2. The van der Waals surface area contributed by atoms with Gasteiger partial charge in [0, 0.05) is 19.3 Å². The second-order valence-electron chi connectivity index (χ2n) is 6.08. The van der Waals surface area contributed by atoms with Gasteiger partial charge in [0.15, 0.2) is 0 Å². The van der Waals surface area contributed by atoms with Gasteiger partial charge in [-0.2, -0.15) is 0 Å². The molecule has 2 atom stereocenters. The Labute approximate surface area is 127 Å². The van der Waals surface area contributed by atoms with Crippen molar-refractivity contribution in [3.8, 4) is 0 Å². The van der Waals surface area contributed by atoms with Crippen LogP contribution >= 0.6 is 0 Å². The van der Waals surface area contributed by atoms with Crippen LogP contribution in [0, 0.1) is 11.8 Å². The summed E-state index contributed by atoms with van der Waals surface area (Å²) in [4.78, 5) is 16.5. The van der Waals surface area contributed by atoms with Crippen LogP contribution in [0.15, 0.2) is 18.5 Å². The van der Waals surface area contributed by atoms with E-state index < -0.39 is 0 Å². The molecule has 2 unspecified atom stereocenters. The monoisotopic (exact) mass is 289 g/mol. The standard InChI is InChI=1S/C17H27N3O/c1-3-9-19-16-12-18-10-8-15(16)17(21)20-11-14-7-5-4-6-13(14)2/h8,10,12-14,19H,3-7,9,11H2,1-2H3,(H,20,21). The van der Waals surface area contributed by atoms with Crippen molar-refractivity contribution in [1.82, 2.24) is 10.3 Å². The molecule has 0 aliphatic heterocycles. The second-order valence-corrected chi connectivity index (χ2v) is 6.08. The number of aromatic nitrogens is 1. The van der Waals surface area contributed by atoms with Gasteiger partial charge in [-0.1, -0.05) is 33.1 Å². The van der Waals surface area contributed by atoms with Crippen LogP contribution in [0.5, 0.6) is 0 Å². The molecule has 1 heterocycles. The maximum absolute atomic E-state index is 12.4. The van der Waals surface area contributed by atoms with Gasteiger partial charge in [-0.15, -0.1) is 0 Å². The predicted octanol–water partition coefficient (Wildman–Crippen LogP) is 3.46. The molecule has 0 radical (unpaired) electrons. The highest BCUT2D eigenvalue weighted by atomic mass is 16.1. The third kappa shape index (κ3) is 4.45. The van der Waals surface area contributed by atoms with Gasteiger partial charge in [-0.05, 0) is 30.7 Å². The molecule has 0 bridgehead atoms. The van der Waals surface area contributed by atoms with Crippen molar-refractivity contribution in [3.63, 3.8) is 0 Å². The number of carbonyl (C=O) groups excluding carboxylic acids is 1. The van der Waals surface area contributed by atoms with Crippen LogP contribution in [0.25, 0.3) is 0 Å². The summed E-state index contributed by atoms with van der Waals surface area (Å²) in [5.41, 5.74) is 1.52. The number of hydrogen-bond acceptors (Lipinski definition) is 3. The SMILES string of the molecule is CCCNc1cnccc1C(=O)NCC1CCCCC1C. The average Bonchev–Trinajstić information content (AvgIpc) is 2.52. The fourth-order valence-electron chi connectivity index (χ4n) is 3.01. The molecule has 1 saturated carbocycles. The Hall–Kier alpha value is -1.58. The van der Waals surface area contributed by atoms with Gasteiger partial charge in [-0.25, -0.2) is 0 Å². The number of nitrogens with one attached hydrogen (secondary N) is 2. The van der Waals surface area contributed by atoms with E-state index in [-0.39, 0.29) is 5.91 Å². The van der Waals surface area contributed by atoms with Crippen LogP contribution in [-0.2, 0) is 0 Å². The number of carbonyl (C=O) groups is 1. The smallest absolute Gasteiger partial charge is 0.253 e. The molecule has 116 valence electrons. The lowest BCUT2D eigenvalue weighted by molar-refractivity contribution is 0.0937. The lowest BCUT2D eigenvalue weighted by atomic mass is 9.80. The molecule has 2 N–H and O–H groups in total. The van der Waals surface area contributed by atoms with Gasteiger partial charge in [0.2, 0.25) is 0 Å². The number of hydrogen-bond donors (Lipinski definition) is 2. The fourth-order valence-corrected chi connectivity index (χ4v) is 3.01. The highest BCUT2D eigenvalue weighted by molar-refractivity contribution is 5.99. The third-order valence-electron chi connectivity index (χ3n) is 4.45. The molecular weight excluding hydrogens is 262 g/mol. The quantitative estimate of drug-likeness (QED) is 0.843. The van der Waals surface area contributed by atoms with Crippen molar-refractivity contribution >= 4 is 11.6 Å². The Morgan fingerprint density at radius 1 is 1.38 bits per heavy atom. The Balaban J connectivity index is 1.93. The predicted molar refractivity (Wildman–Crippen MR) is 86.5 cm³/mol. The molecule has 1 aliphatic rings. The Bertz CT molecular complexity index is 461. The minimum Gasteiger partial charge on any atom is -0.383 e. The van der Waals surface area contributed by atoms with Crippen molar-refractivity contribution < 1.29 is 4.79 Å². The van der Waals surface area contributed by atoms with Crippen molar-refractivity contribution in [2.45, 2.75) is 46.0 Å². The second kappa shape index (κ2) is 8.01. The zero-order chi connectivity index (χ0) is 15.1.